The number of aryl methyl sites for hydroxylation is 2. The molecule has 5 heteroatoms. The molecule has 112 valence electrons. The Balaban J connectivity index is 2.11. The average molecular weight is 350 g/mol. The normalized spacial score (nSPS) is 19.2. The average Bonchev–Trinajstić information content (AvgIpc) is 2.75. The highest BCUT2D eigenvalue weighted by Crippen LogP contribution is 2.25. The van der Waals surface area contributed by atoms with E-state index in [-0.39, 0.29) is 5.91 Å². The number of imidazole rings is 1. The summed E-state index contributed by atoms with van der Waals surface area (Å²) in [5, 5.41) is 0. The highest BCUT2D eigenvalue weighted by molar-refractivity contribution is 9.10. The van der Waals surface area contributed by atoms with E-state index in [0.29, 0.717) is 11.7 Å². The molecule has 1 aliphatic rings. The Kier molecular flexibility index (Phi) is 3.78. The van der Waals surface area contributed by atoms with E-state index in [0.717, 1.165) is 40.8 Å². The third-order valence-electron chi connectivity index (χ3n) is 4.25. The summed E-state index contributed by atoms with van der Waals surface area (Å²) in [6.07, 6.45) is 5.38. The summed E-state index contributed by atoms with van der Waals surface area (Å²) < 4.78 is 2.86. The Hall–Kier alpha value is -1.36. The lowest BCUT2D eigenvalue weighted by Crippen LogP contribution is -2.42. The predicted octanol–water partition coefficient (Wildman–Crippen LogP) is 3.73. The van der Waals surface area contributed by atoms with E-state index in [4.69, 9.17) is 0 Å². The van der Waals surface area contributed by atoms with Crippen LogP contribution in [-0.4, -0.2) is 32.8 Å². The molecule has 1 fully saturated rings. The van der Waals surface area contributed by atoms with Gasteiger partial charge in [0.15, 0.2) is 5.65 Å². The summed E-state index contributed by atoms with van der Waals surface area (Å²) in [5.41, 5.74) is 3.41. The van der Waals surface area contributed by atoms with Crippen LogP contribution in [0.4, 0.5) is 0 Å². The number of carbonyl (C=O) groups excluding carboxylic acids is 1. The third-order valence-corrected chi connectivity index (χ3v) is 4.84. The van der Waals surface area contributed by atoms with Crippen molar-refractivity contribution >= 4 is 27.5 Å². The number of rotatable bonds is 1. The number of likely N-dealkylation sites (tertiary alicyclic amines) is 1. The molecule has 21 heavy (non-hydrogen) atoms. The summed E-state index contributed by atoms with van der Waals surface area (Å²) in [7, 11) is 0. The zero-order valence-corrected chi connectivity index (χ0v) is 14.3. The Morgan fingerprint density at radius 2 is 2.14 bits per heavy atom. The Labute approximate surface area is 133 Å². The van der Waals surface area contributed by atoms with Gasteiger partial charge in [-0.1, -0.05) is 0 Å². The zero-order chi connectivity index (χ0) is 15.1. The van der Waals surface area contributed by atoms with Crippen molar-refractivity contribution in [2.75, 3.05) is 6.54 Å². The smallest absolute Gasteiger partial charge is 0.273 e. The largest absolute Gasteiger partial charge is 0.335 e. The molecule has 1 saturated heterocycles. The topological polar surface area (TPSA) is 37.6 Å². The van der Waals surface area contributed by atoms with Crippen molar-refractivity contribution in [3.63, 3.8) is 0 Å². The van der Waals surface area contributed by atoms with Crippen LogP contribution in [0.2, 0.25) is 0 Å². The van der Waals surface area contributed by atoms with Gasteiger partial charge >= 0.3 is 0 Å². The Bertz CT molecular complexity index is 707. The number of carbonyl (C=O) groups is 1. The van der Waals surface area contributed by atoms with E-state index in [2.05, 4.69) is 27.8 Å². The first-order valence-electron chi connectivity index (χ1n) is 7.45. The first kappa shape index (κ1) is 14.6. The fraction of sp³-hybridized carbons (Fsp3) is 0.500. The minimum absolute atomic E-state index is 0.102. The molecule has 0 aliphatic carbocycles. The van der Waals surface area contributed by atoms with Crippen LogP contribution in [-0.2, 0) is 0 Å². The number of hydrogen-bond donors (Lipinski definition) is 0. The van der Waals surface area contributed by atoms with Crippen molar-refractivity contribution in [2.24, 2.45) is 0 Å². The minimum Gasteiger partial charge on any atom is -0.335 e. The van der Waals surface area contributed by atoms with Gasteiger partial charge in [0, 0.05) is 18.8 Å². The number of piperidine rings is 1. The van der Waals surface area contributed by atoms with Crippen LogP contribution in [0.5, 0.6) is 0 Å². The maximum Gasteiger partial charge on any atom is 0.273 e. The molecule has 0 radical (unpaired) electrons. The predicted molar refractivity (Wildman–Crippen MR) is 86.7 cm³/mol. The SMILES string of the molecule is Cc1cc(Br)c2nc(C)c(C(=O)N3CCCCC3C)n2c1. The highest BCUT2D eigenvalue weighted by atomic mass is 79.9. The Morgan fingerprint density at radius 1 is 1.38 bits per heavy atom. The van der Waals surface area contributed by atoms with Gasteiger partial charge in [-0.15, -0.1) is 0 Å². The van der Waals surface area contributed by atoms with E-state index < -0.39 is 0 Å². The molecule has 1 aliphatic heterocycles. The molecule has 3 rings (SSSR count). The van der Waals surface area contributed by atoms with Crippen LogP contribution in [0.1, 0.15) is 47.9 Å². The van der Waals surface area contributed by atoms with Crippen LogP contribution in [0.15, 0.2) is 16.7 Å². The summed E-state index contributed by atoms with van der Waals surface area (Å²) in [6, 6.07) is 2.34. The lowest BCUT2D eigenvalue weighted by Gasteiger charge is -2.33. The van der Waals surface area contributed by atoms with Crippen LogP contribution < -0.4 is 0 Å². The maximum atomic E-state index is 13.0. The van der Waals surface area contributed by atoms with Crippen molar-refractivity contribution in [1.29, 1.82) is 0 Å². The first-order chi connectivity index (χ1) is 9.99. The van der Waals surface area contributed by atoms with Crippen molar-refractivity contribution in [3.05, 3.63) is 33.7 Å². The molecule has 0 saturated carbocycles. The molecule has 0 N–H and O–H groups in total. The molecule has 1 unspecified atom stereocenters. The van der Waals surface area contributed by atoms with Crippen LogP contribution in [0, 0.1) is 13.8 Å². The fourth-order valence-corrected chi connectivity index (χ4v) is 3.78. The molecule has 2 aromatic heterocycles. The van der Waals surface area contributed by atoms with Gasteiger partial charge in [-0.3, -0.25) is 9.20 Å². The molecule has 1 atom stereocenters. The molecule has 0 bridgehead atoms. The second-order valence-electron chi connectivity index (χ2n) is 5.95. The van der Waals surface area contributed by atoms with Gasteiger partial charge in [0.25, 0.3) is 5.91 Å². The minimum atomic E-state index is 0.102. The van der Waals surface area contributed by atoms with Crippen molar-refractivity contribution in [1.82, 2.24) is 14.3 Å². The fourth-order valence-electron chi connectivity index (χ4n) is 3.14. The summed E-state index contributed by atoms with van der Waals surface area (Å²) >= 11 is 3.54. The quantitative estimate of drug-likeness (QED) is 0.786. The maximum absolute atomic E-state index is 13.0. The van der Waals surface area contributed by atoms with Gasteiger partial charge in [-0.05, 0) is 67.6 Å². The molecule has 3 heterocycles. The monoisotopic (exact) mass is 349 g/mol. The molecule has 0 spiro atoms. The van der Waals surface area contributed by atoms with E-state index in [1.165, 1.54) is 6.42 Å². The van der Waals surface area contributed by atoms with Gasteiger partial charge in [0.1, 0.15) is 5.69 Å². The molecule has 2 aromatic rings. The van der Waals surface area contributed by atoms with Gasteiger partial charge in [-0.2, -0.15) is 0 Å². The molecule has 4 nitrogen and oxygen atoms in total. The first-order valence-corrected chi connectivity index (χ1v) is 8.24. The van der Waals surface area contributed by atoms with E-state index in [1.807, 2.05) is 35.4 Å². The second kappa shape index (κ2) is 5.44. The van der Waals surface area contributed by atoms with Crippen molar-refractivity contribution in [3.8, 4) is 0 Å². The lowest BCUT2D eigenvalue weighted by atomic mass is 10.0. The van der Waals surface area contributed by atoms with Gasteiger partial charge < -0.3 is 4.90 Å². The number of nitrogens with zero attached hydrogens (tertiary/aromatic N) is 3. The van der Waals surface area contributed by atoms with Gasteiger partial charge in [0.2, 0.25) is 0 Å². The number of halogens is 1. The van der Waals surface area contributed by atoms with E-state index in [9.17, 15) is 4.79 Å². The number of aromatic nitrogens is 2. The summed E-state index contributed by atoms with van der Waals surface area (Å²) in [5.74, 6) is 0.102. The van der Waals surface area contributed by atoms with Crippen molar-refractivity contribution in [2.45, 2.75) is 46.1 Å². The Morgan fingerprint density at radius 3 is 2.86 bits per heavy atom. The van der Waals surface area contributed by atoms with Crippen LogP contribution in [0.3, 0.4) is 0 Å². The number of pyridine rings is 1. The molecular weight excluding hydrogens is 330 g/mol. The number of fused-ring (bicyclic) bond motifs is 1. The second-order valence-corrected chi connectivity index (χ2v) is 6.80. The lowest BCUT2D eigenvalue weighted by molar-refractivity contribution is 0.0627. The van der Waals surface area contributed by atoms with Gasteiger partial charge in [0.05, 0.1) is 10.2 Å². The van der Waals surface area contributed by atoms with Crippen LogP contribution in [0.25, 0.3) is 5.65 Å². The van der Waals surface area contributed by atoms with E-state index >= 15 is 0 Å². The molecular formula is C16H20BrN3O. The molecule has 0 aromatic carbocycles. The zero-order valence-electron chi connectivity index (χ0n) is 12.7. The summed E-state index contributed by atoms with van der Waals surface area (Å²) in [6.45, 7) is 6.92. The van der Waals surface area contributed by atoms with Crippen LogP contribution >= 0.6 is 15.9 Å². The standard InChI is InChI=1S/C16H20BrN3O/c1-10-8-13(17)15-18-12(3)14(20(15)9-10)16(21)19-7-5-4-6-11(19)2/h8-9,11H,4-7H2,1-3H3. The van der Waals surface area contributed by atoms with Crippen molar-refractivity contribution < 1.29 is 4.79 Å². The number of amides is 1. The third kappa shape index (κ3) is 2.48. The molecule has 1 amide bonds. The number of hydrogen-bond acceptors (Lipinski definition) is 2. The summed E-state index contributed by atoms with van der Waals surface area (Å²) in [4.78, 5) is 19.5. The van der Waals surface area contributed by atoms with Gasteiger partial charge in [-0.25, -0.2) is 4.98 Å². The van der Waals surface area contributed by atoms with E-state index in [1.54, 1.807) is 0 Å². The highest BCUT2D eigenvalue weighted by Gasteiger charge is 2.28.